The summed E-state index contributed by atoms with van der Waals surface area (Å²) in [6, 6.07) is -0.211. The highest BCUT2D eigenvalue weighted by Gasteiger charge is 2.41. The number of carbonyl (C=O) groups is 2. The first-order valence-electron chi connectivity index (χ1n) is 8.64. The van der Waals surface area contributed by atoms with Gasteiger partial charge in [0, 0.05) is 37.9 Å². The Kier molecular flexibility index (Phi) is 12.8. The van der Waals surface area contributed by atoms with Crippen LogP contribution < -0.4 is 10.6 Å². The van der Waals surface area contributed by atoms with Crippen molar-refractivity contribution in [2.75, 3.05) is 40.0 Å². The largest absolute Gasteiger partial charge is 0.484 e. The Morgan fingerprint density at radius 1 is 1.38 bits per heavy atom. The number of methoxy groups -OCH3 is 1. The summed E-state index contributed by atoms with van der Waals surface area (Å²) < 4.78 is 17.2. The van der Waals surface area contributed by atoms with Gasteiger partial charge in [-0.1, -0.05) is 36.4 Å². The Morgan fingerprint density at radius 2 is 2.14 bits per heavy atom. The summed E-state index contributed by atoms with van der Waals surface area (Å²) in [5.41, 5.74) is 1.63. The lowest BCUT2D eigenvalue weighted by Gasteiger charge is -2.11. The summed E-state index contributed by atoms with van der Waals surface area (Å²) >= 11 is 12.4. The molecule has 2 N–H and O–H groups in total. The van der Waals surface area contributed by atoms with Crippen LogP contribution in [0.3, 0.4) is 0 Å². The van der Waals surface area contributed by atoms with E-state index in [1.54, 1.807) is 7.11 Å². The predicted molar refractivity (Wildman–Crippen MR) is 115 cm³/mol. The molecule has 2 amide bonds. The normalized spacial score (nSPS) is 18.7. The second-order valence-electron chi connectivity index (χ2n) is 5.73. The van der Waals surface area contributed by atoms with Crippen LogP contribution in [0.25, 0.3) is 0 Å². The number of ether oxygens (including phenoxy) is 2. The Morgan fingerprint density at radius 3 is 2.79 bits per heavy atom. The van der Waals surface area contributed by atoms with Crippen molar-refractivity contribution in [1.82, 2.24) is 14.9 Å². The molecule has 29 heavy (non-hydrogen) atoms. The minimum absolute atomic E-state index is 0.0970. The molecule has 162 valence electrons. The number of nitrogens with zero attached hydrogens (tertiary/aromatic N) is 1. The molecule has 8 nitrogen and oxygen atoms in total. The summed E-state index contributed by atoms with van der Waals surface area (Å²) in [6.45, 7) is 9.02. The Hall–Kier alpha value is -1.49. The van der Waals surface area contributed by atoms with Crippen LogP contribution in [0, 0.1) is 0 Å². The number of hydrogen-bond acceptors (Lipinski definition) is 7. The molecule has 0 bridgehead atoms. The smallest absolute Gasteiger partial charge is 0.262 e. The van der Waals surface area contributed by atoms with E-state index in [-0.39, 0.29) is 23.6 Å². The van der Waals surface area contributed by atoms with Crippen molar-refractivity contribution in [2.24, 2.45) is 0 Å². The number of amides is 2. The number of halogens is 2. The molecule has 1 aliphatic heterocycles. The van der Waals surface area contributed by atoms with Gasteiger partial charge in [0.15, 0.2) is 6.61 Å². The average molecular weight is 466 g/mol. The molecule has 0 aromatic rings. The van der Waals surface area contributed by atoms with Crippen molar-refractivity contribution in [3.8, 4) is 0 Å². The molecule has 0 spiro atoms. The van der Waals surface area contributed by atoms with Crippen LogP contribution in [-0.2, 0) is 23.2 Å². The van der Waals surface area contributed by atoms with Gasteiger partial charge < -0.3 is 20.1 Å². The van der Waals surface area contributed by atoms with Crippen LogP contribution in [0.2, 0.25) is 0 Å². The molecule has 1 heterocycles. The average Bonchev–Trinajstić information content (AvgIpc) is 3.47. The summed E-state index contributed by atoms with van der Waals surface area (Å²) in [6.07, 6.45) is 3.23. The fraction of sp³-hybridized carbons (Fsp3) is 0.444. The van der Waals surface area contributed by atoms with Crippen LogP contribution in [0.15, 0.2) is 47.3 Å². The quantitative estimate of drug-likeness (QED) is 0.0957. The minimum atomic E-state index is -0.391. The van der Waals surface area contributed by atoms with Gasteiger partial charge in [-0.2, -0.15) is 0 Å². The van der Waals surface area contributed by atoms with E-state index in [4.69, 9.17) is 36.9 Å². The highest BCUT2D eigenvalue weighted by Crippen LogP contribution is 2.28. The lowest BCUT2D eigenvalue weighted by molar-refractivity contribution is -0.123. The molecule has 2 atom stereocenters. The number of rotatable bonds is 15. The maximum atomic E-state index is 12.0. The molecule has 1 rings (SSSR count). The molecular weight excluding hydrogens is 441 g/mol. The molecule has 2 unspecified atom stereocenters. The second kappa shape index (κ2) is 14.5. The van der Waals surface area contributed by atoms with Crippen LogP contribution in [0.4, 0.5) is 0 Å². The summed E-state index contributed by atoms with van der Waals surface area (Å²) in [5.74, 6) is -0.184. The van der Waals surface area contributed by atoms with Crippen molar-refractivity contribution in [1.29, 1.82) is 0 Å². The van der Waals surface area contributed by atoms with E-state index in [9.17, 15) is 9.59 Å². The lowest BCUT2D eigenvalue weighted by Crippen LogP contribution is -2.32. The fourth-order valence-electron chi connectivity index (χ4n) is 1.87. The van der Waals surface area contributed by atoms with E-state index < -0.39 is 5.91 Å². The fourth-order valence-corrected chi connectivity index (χ4v) is 2.72. The number of hydrogen-bond donors (Lipinski definition) is 2. The highest BCUT2D eigenvalue weighted by atomic mass is 35.5. The van der Waals surface area contributed by atoms with Gasteiger partial charge in [0.25, 0.3) is 5.91 Å². The first-order chi connectivity index (χ1) is 13.9. The monoisotopic (exact) mass is 465 g/mol. The van der Waals surface area contributed by atoms with Gasteiger partial charge in [0.05, 0.1) is 30.5 Å². The zero-order chi connectivity index (χ0) is 21.6. The zero-order valence-electron chi connectivity index (χ0n) is 16.1. The van der Waals surface area contributed by atoms with E-state index in [0.717, 1.165) is 12.2 Å². The third-order valence-corrected chi connectivity index (χ3v) is 4.82. The van der Waals surface area contributed by atoms with Crippen LogP contribution in [0.5, 0.6) is 0 Å². The second-order valence-corrected chi connectivity index (χ2v) is 7.24. The molecule has 1 saturated heterocycles. The molecule has 1 aliphatic rings. The van der Waals surface area contributed by atoms with Gasteiger partial charge in [-0.05, 0) is 12.2 Å². The van der Waals surface area contributed by atoms with E-state index in [1.165, 1.54) is 17.7 Å². The lowest BCUT2D eigenvalue weighted by atomic mass is 10.3. The van der Waals surface area contributed by atoms with Crippen molar-refractivity contribution >= 4 is 47.2 Å². The van der Waals surface area contributed by atoms with E-state index in [2.05, 4.69) is 23.8 Å². The summed E-state index contributed by atoms with van der Waals surface area (Å²) in [5, 5.41) is 5.64. The van der Waals surface area contributed by atoms with E-state index >= 15 is 0 Å². The Balaban J connectivity index is 2.17. The number of allylic oxidation sites excluding steroid dienone is 3. The maximum Gasteiger partial charge on any atom is 0.262 e. The molecular formula is C18H25Cl2N3O5S. The van der Waals surface area contributed by atoms with Gasteiger partial charge >= 0.3 is 0 Å². The third kappa shape index (κ3) is 11.3. The van der Waals surface area contributed by atoms with Gasteiger partial charge in [-0.25, -0.2) is 4.31 Å². The Labute approximate surface area is 185 Å². The van der Waals surface area contributed by atoms with Crippen LogP contribution in [-0.4, -0.2) is 62.2 Å². The van der Waals surface area contributed by atoms with Crippen LogP contribution in [0.1, 0.15) is 6.42 Å². The van der Waals surface area contributed by atoms with Crippen LogP contribution >= 0.6 is 35.4 Å². The van der Waals surface area contributed by atoms with Gasteiger partial charge in [-0.3, -0.25) is 13.8 Å². The predicted octanol–water partition coefficient (Wildman–Crippen LogP) is 2.44. The minimum Gasteiger partial charge on any atom is -0.484 e. The molecule has 1 fully saturated rings. The molecule has 0 aromatic heterocycles. The highest BCUT2D eigenvalue weighted by molar-refractivity contribution is 7.92. The third-order valence-electron chi connectivity index (χ3n) is 3.39. The van der Waals surface area contributed by atoms with Gasteiger partial charge in [0.1, 0.15) is 11.8 Å². The molecule has 0 aliphatic carbocycles. The van der Waals surface area contributed by atoms with Gasteiger partial charge in [0.2, 0.25) is 5.91 Å². The SMILES string of the molecule is C=C/C(=C\C(Cl)=C\Cl)OCC(=O)NC(=C)CCNC(=O)C1CN1SOCCOC. The first kappa shape index (κ1) is 25.5. The first-order valence-corrected chi connectivity index (χ1v) is 10.2. The molecule has 0 saturated carbocycles. The van der Waals surface area contributed by atoms with Crippen molar-refractivity contribution in [3.05, 3.63) is 47.3 Å². The van der Waals surface area contributed by atoms with E-state index in [0.29, 0.717) is 44.2 Å². The summed E-state index contributed by atoms with van der Waals surface area (Å²) in [4.78, 5) is 23.9. The molecule has 0 radical (unpaired) electrons. The van der Waals surface area contributed by atoms with Crippen molar-refractivity contribution in [2.45, 2.75) is 12.5 Å². The maximum absolute atomic E-state index is 12.0. The summed E-state index contributed by atoms with van der Waals surface area (Å²) in [7, 11) is 1.59. The number of nitrogens with one attached hydrogen (secondary N) is 2. The topological polar surface area (TPSA) is 88.9 Å². The number of carbonyl (C=O) groups excluding carboxylic acids is 2. The van der Waals surface area contributed by atoms with E-state index in [1.807, 2.05) is 4.31 Å². The van der Waals surface area contributed by atoms with Gasteiger partial charge in [-0.15, -0.1) is 0 Å². The standard InChI is InChI=1S/C18H25Cl2N3O5S/c1-4-15(9-14(20)10-19)27-12-17(24)22-13(2)5-6-21-18(25)16-11-23(16)29-28-8-7-26-3/h4,9-10,16H,1-2,5-8,11-12H2,3H3,(H,21,25)(H,22,24)/b14-10-,15-9+. The Bertz CT molecular complexity index is 657. The van der Waals surface area contributed by atoms with Crippen molar-refractivity contribution < 1.29 is 23.2 Å². The zero-order valence-corrected chi connectivity index (χ0v) is 18.4. The molecule has 11 heteroatoms. The molecule has 0 aromatic carbocycles. The van der Waals surface area contributed by atoms with Crippen molar-refractivity contribution in [3.63, 3.8) is 0 Å².